The van der Waals surface area contributed by atoms with Gasteiger partial charge in [0, 0.05) is 6.42 Å². The highest BCUT2D eigenvalue weighted by atomic mass is 32.2. The van der Waals surface area contributed by atoms with Gasteiger partial charge in [0.15, 0.2) is 6.04 Å². The number of esters is 1. The number of anilines is 1. The third-order valence-electron chi connectivity index (χ3n) is 3.63. The number of thioether (sulfide) groups is 1. The minimum absolute atomic E-state index is 0.117. The van der Waals surface area contributed by atoms with Gasteiger partial charge in [-0.15, -0.1) is 11.8 Å². The van der Waals surface area contributed by atoms with Crippen LogP contribution in [0.5, 0.6) is 5.75 Å². The fourth-order valence-corrected chi connectivity index (χ4v) is 3.53. The average Bonchev–Trinajstić information content (AvgIpc) is 2.88. The maximum Gasteiger partial charge on any atom is 0.365 e. The predicted octanol–water partition coefficient (Wildman–Crippen LogP) is 0.624. The standard InChI is InChI=1S/C17H22N2O5S/c1-3-23-12-7-5-11(6-8-12)19-15(20)9-14(16(19)21)25-10-13(18)17(22)24-4-2/h5-8,13-14H,3-4,9-10,18H2,1-2H3/p+1/t13-,14-/m1/s1. The number of carbonyl (C=O) groups excluding carboxylic acids is 3. The molecule has 7 nitrogen and oxygen atoms in total. The van der Waals surface area contributed by atoms with Crippen LogP contribution in [0.4, 0.5) is 5.69 Å². The van der Waals surface area contributed by atoms with Gasteiger partial charge < -0.3 is 15.2 Å². The second kappa shape index (κ2) is 8.87. The molecular formula is C17H23N2O5S+. The van der Waals surface area contributed by atoms with E-state index in [4.69, 9.17) is 9.47 Å². The largest absolute Gasteiger partial charge is 0.494 e. The molecule has 0 aliphatic carbocycles. The van der Waals surface area contributed by atoms with Gasteiger partial charge in [-0.1, -0.05) is 0 Å². The molecule has 1 aromatic rings. The molecule has 3 N–H and O–H groups in total. The Bertz CT molecular complexity index is 634. The second-order valence-electron chi connectivity index (χ2n) is 5.47. The van der Waals surface area contributed by atoms with E-state index in [1.54, 1.807) is 31.2 Å². The van der Waals surface area contributed by atoms with Gasteiger partial charge in [-0.25, -0.2) is 9.69 Å². The number of rotatable bonds is 8. The summed E-state index contributed by atoms with van der Waals surface area (Å²) in [6, 6.07) is 6.28. The van der Waals surface area contributed by atoms with Crippen LogP contribution in [-0.4, -0.2) is 48.0 Å². The van der Waals surface area contributed by atoms with Crippen molar-refractivity contribution in [2.24, 2.45) is 0 Å². The van der Waals surface area contributed by atoms with Crippen molar-refractivity contribution in [3.8, 4) is 5.75 Å². The lowest BCUT2D eigenvalue weighted by Gasteiger charge is -2.15. The molecule has 1 aliphatic heterocycles. The number of benzene rings is 1. The number of imide groups is 1. The predicted molar refractivity (Wildman–Crippen MR) is 94.3 cm³/mol. The van der Waals surface area contributed by atoms with Crippen LogP contribution in [0.25, 0.3) is 0 Å². The normalized spacial score (nSPS) is 18.4. The maximum atomic E-state index is 12.6. The number of nitrogens with zero attached hydrogens (tertiary/aromatic N) is 1. The molecule has 1 heterocycles. The van der Waals surface area contributed by atoms with Crippen LogP contribution in [0.2, 0.25) is 0 Å². The number of ether oxygens (including phenoxy) is 2. The van der Waals surface area contributed by atoms with Gasteiger partial charge in [0.05, 0.1) is 29.9 Å². The molecule has 2 amide bonds. The molecule has 2 rings (SSSR count). The van der Waals surface area contributed by atoms with Gasteiger partial charge in [0.2, 0.25) is 11.8 Å². The summed E-state index contributed by atoms with van der Waals surface area (Å²) in [6.07, 6.45) is 0.117. The van der Waals surface area contributed by atoms with Crippen molar-refractivity contribution in [1.29, 1.82) is 0 Å². The van der Waals surface area contributed by atoms with Gasteiger partial charge >= 0.3 is 5.97 Å². The van der Waals surface area contributed by atoms with Crippen LogP contribution in [0, 0.1) is 0 Å². The number of carbonyl (C=O) groups is 3. The first-order valence-electron chi connectivity index (χ1n) is 8.18. The molecule has 2 atom stereocenters. The van der Waals surface area contributed by atoms with Gasteiger partial charge in [0.25, 0.3) is 0 Å². The summed E-state index contributed by atoms with van der Waals surface area (Å²) >= 11 is 1.27. The number of quaternary nitrogens is 1. The van der Waals surface area contributed by atoms with E-state index in [9.17, 15) is 14.4 Å². The lowest BCUT2D eigenvalue weighted by Crippen LogP contribution is -2.66. The zero-order chi connectivity index (χ0) is 18.4. The highest BCUT2D eigenvalue weighted by Gasteiger charge is 2.40. The van der Waals surface area contributed by atoms with Gasteiger partial charge in [-0.3, -0.25) is 9.59 Å². The molecule has 0 spiro atoms. The maximum absolute atomic E-state index is 12.6. The van der Waals surface area contributed by atoms with Crippen LogP contribution < -0.4 is 15.4 Å². The summed E-state index contributed by atoms with van der Waals surface area (Å²) in [5, 5.41) is -0.502. The highest BCUT2D eigenvalue weighted by Crippen LogP contribution is 2.30. The lowest BCUT2D eigenvalue weighted by molar-refractivity contribution is -0.401. The minimum Gasteiger partial charge on any atom is -0.494 e. The van der Waals surface area contributed by atoms with Crippen molar-refractivity contribution in [3.05, 3.63) is 24.3 Å². The molecule has 1 aromatic carbocycles. The van der Waals surface area contributed by atoms with Crippen molar-refractivity contribution < 1.29 is 29.6 Å². The smallest absolute Gasteiger partial charge is 0.365 e. The molecule has 8 heteroatoms. The Kier molecular flexibility index (Phi) is 6.83. The fraction of sp³-hybridized carbons (Fsp3) is 0.471. The fourth-order valence-electron chi connectivity index (χ4n) is 2.42. The Labute approximate surface area is 150 Å². The second-order valence-corrected chi connectivity index (χ2v) is 6.71. The summed E-state index contributed by atoms with van der Waals surface area (Å²) < 4.78 is 10.3. The number of hydrogen-bond donors (Lipinski definition) is 1. The van der Waals surface area contributed by atoms with E-state index in [0.717, 1.165) is 0 Å². The zero-order valence-electron chi connectivity index (χ0n) is 14.4. The molecule has 0 saturated carbocycles. The van der Waals surface area contributed by atoms with Crippen molar-refractivity contribution in [2.75, 3.05) is 23.9 Å². The minimum atomic E-state index is -0.563. The van der Waals surface area contributed by atoms with Crippen LogP contribution in [0.15, 0.2) is 24.3 Å². The third-order valence-corrected chi connectivity index (χ3v) is 5.00. The Morgan fingerprint density at radius 1 is 1.28 bits per heavy atom. The molecule has 0 bridgehead atoms. The highest BCUT2D eigenvalue weighted by molar-refractivity contribution is 8.00. The van der Waals surface area contributed by atoms with E-state index in [-0.39, 0.29) is 18.2 Å². The molecule has 25 heavy (non-hydrogen) atoms. The van der Waals surface area contributed by atoms with E-state index >= 15 is 0 Å². The molecular weight excluding hydrogens is 344 g/mol. The van der Waals surface area contributed by atoms with E-state index in [1.807, 2.05) is 6.92 Å². The Morgan fingerprint density at radius 3 is 2.56 bits per heavy atom. The van der Waals surface area contributed by atoms with Crippen LogP contribution in [0.1, 0.15) is 20.3 Å². The summed E-state index contributed by atoms with van der Waals surface area (Å²) in [5.41, 5.74) is 4.27. The number of hydrogen-bond acceptors (Lipinski definition) is 6. The van der Waals surface area contributed by atoms with Crippen molar-refractivity contribution >= 4 is 35.2 Å². The quantitative estimate of drug-likeness (QED) is 0.534. The molecule has 0 radical (unpaired) electrons. The average molecular weight is 367 g/mol. The lowest BCUT2D eigenvalue weighted by atomic mass is 10.3. The van der Waals surface area contributed by atoms with Crippen LogP contribution in [0.3, 0.4) is 0 Å². The summed E-state index contributed by atoms with van der Waals surface area (Å²) in [6.45, 7) is 4.45. The first-order valence-corrected chi connectivity index (χ1v) is 9.23. The van der Waals surface area contributed by atoms with E-state index < -0.39 is 17.3 Å². The monoisotopic (exact) mass is 367 g/mol. The first-order chi connectivity index (χ1) is 12.0. The van der Waals surface area contributed by atoms with Crippen LogP contribution >= 0.6 is 11.8 Å². The van der Waals surface area contributed by atoms with E-state index in [0.29, 0.717) is 30.4 Å². The first kappa shape index (κ1) is 19.3. The molecule has 1 aliphatic rings. The molecule has 0 unspecified atom stereocenters. The summed E-state index contributed by atoms with van der Waals surface area (Å²) in [5.74, 6) is 0.110. The van der Waals surface area contributed by atoms with Crippen molar-refractivity contribution in [1.82, 2.24) is 0 Å². The van der Waals surface area contributed by atoms with Gasteiger partial charge in [0.1, 0.15) is 5.75 Å². The van der Waals surface area contributed by atoms with Crippen molar-refractivity contribution in [3.63, 3.8) is 0 Å². The Balaban J connectivity index is 1.98. The third kappa shape index (κ3) is 4.73. The van der Waals surface area contributed by atoms with E-state index in [1.165, 1.54) is 16.7 Å². The Morgan fingerprint density at radius 2 is 1.96 bits per heavy atom. The summed E-state index contributed by atoms with van der Waals surface area (Å²) in [7, 11) is 0. The van der Waals surface area contributed by atoms with E-state index in [2.05, 4.69) is 5.73 Å². The molecule has 1 fully saturated rings. The Hall–Kier alpha value is -2.06. The van der Waals surface area contributed by atoms with Gasteiger partial charge in [-0.05, 0) is 38.1 Å². The van der Waals surface area contributed by atoms with Crippen LogP contribution in [-0.2, 0) is 19.1 Å². The van der Waals surface area contributed by atoms with Gasteiger partial charge in [-0.2, -0.15) is 0 Å². The molecule has 0 aromatic heterocycles. The topological polar surface area (TPSA) is 101 Å². The molecule has 136 valence electrons. The molecule has 1 saturated heterocycles. The number of amides is 2. The zero-order valence-corrected chi connectivity index (χ0v) is 15.2. The van der Waals surface area contributed by atoms with Crippen molar-refractivity contribution in [2.45, 2.75) is 31.6 Å². The SMILES string of the molecule is CCOC(=O)[C@H]([NH3+])CS[C@@H]1CC(=O)N(c2ccc(OCC)cc2)C1=O. The summed E-state index contributed by atoms with van der Waals surface area (Å²) in [4.78, 5) is 37.6.